The lowest BCUT2D eigenvalue weighted by atomic mass is 9.80. The van der Waals surface area contributed by atoms with Gasteiger partial charge in [-0.05, 0) is 13.3 Å². The lowest BCUT2D eigenvalue weighted by Gasteiger charge is -2.48. The third-order valence-electron chi connectivity index (χ3n) is 6.03. The minimum absolute atomic E-state index is 0.0434. The summed E-state index contributed by atoms with van der Waals surface area (Å²) in [5, 5.41) is 4.71. The van der Waals surface area contributed by atoms with Gasteiger partial charge in [0.2, 0.25) is 1.43 Å². The Morgan fingerprint density at radius 3 is 1.96 bits per heavy atom. The van der Waals surface area contributed by atoms with Crippen molar-refractivity contribution in [3.8, 4) is 0 Å². The van der Waals surface area contributed by atoms with Crippen molar-refractivity contribution < 1.29 is 38.3 Å². The van der Waals surface area contributed by atoms with Crippen LogP contribution in [0, 0.1) is 11.8 Å². The normalized spacial score (nSPS) is 46.3. The van der Waals surface area contributed by atoms with E-state index in [1.807, 2.05) is 6.92 Å². The maximum Gasteiger partial charge on any atom is 0.213 e. The van der Waals surface area contributed by atoms with Crippen molar-refractivity contribution in [2.75, 3.05) is 42.2 Å². The van der Waals surface area contributed by atoms with E-state index >= 15 is 0 Å². The second kappa shape index (κ2) is 10.5. The highest BCUT2D eigenvalue weighted by Gasteiger charge is 2.49. The number of rotatable bonds is 9. The van der Waals surface area contributed by atoms with Crippen LogP contribution in [-0.4, -0.2) is 97.7 Å². The maximum absolute atomic E-state index is 7.28. The molecule has 2 fully saturated rings. The molecule has 0 bridgehead atoms. The van der Waals surface area contributed by atoms with Gasteiger partial charge in [-0.3, -0.25) is 0 Å². The van der Waals surface area contributed by atoms with Gasteiger partial charge in [0.05, 0.1) is 37.1 Å². The van der Waals surface area contributed by atoms with Gasteiger partial charge in [-0.2, -0.15) is 0 Å². The summed E-state index contributed by atoms with van der Waals surface area (Å²) in [6, 6.07) is 0. The molecule has 6 unspecified atom stereocenters. The summed E-state index contributed by atoms with van der Waals surface area (Å²) in [5.74, 6) is 0.0790. The predicted octanol–water partition coefficient (Wildman–Crippen LogP) is 0.840. The van der Waals surface area contributed by atoms with E-state index in [0.29, 0.717) is 13.0 Å². The van der Waals surface area contributed by atoms with Crippen LogP contribution in [0.5, 0.6) is 0 Å². The van der Waals surface area contributed by atoms with Gasteiger partial charge in [-0.25, -0.2) is 0 Å². The lowest BCUT2D eigenvalue weighted by Crippen LogP contribution is -2.60. The summed E-state index contributed by atoms with van der Waals surface area (Å²) < 4.78 is 47.7. The van der Waals surface area contributed by atoms with E-state index in [4.69, 9.17) is 39.7 Å². The molecule has 2 heterocycles. The molecule has 0 amide bonds. The Labute approximate surface area is 163 Å². The highest BCUT2D eigenvalue weighted by atomic mass is 16.7. The molecule has 2 aliphatic heterocycles. The first-order valence-electron chi connectivity index (χ1n) is 9.91. The number of aliphatic hydroxyl groups is 1. The highest BCUT2D eigenvalue weighted by Crippen LogP contribution is 2.37. The van der Waals surface area contributed by atoms with Crippen LogP contribution in [0.3, 0.4) is 0 Å². The molecule has 10 atom stereocenters. The second-order valence-electron chi connectivity index (χ2n) is 7.44. The van der Waals surface area contributed by atoms with Gasteiger partial charge in [0.15, 0.2) is 6.29 Å². The van der Waals surface area contributed by atoms with Crippen LogP contribution >= 0.6 is 0 Å². The topological polar surface area (TPSA) is 84.8 Å². The monoisotopic (exact) mass is 394 g/mol. The van der Waals surface area contributed by atoms with Gasteiger partial charge in [-0.15, -0.1) is 0 Å². The zero-order chi connectivity index (χ0) is 20.8. The summed E-state index contributed by atoms with van der Waals surface area (Å²) in [7, 11) is 8.22. The maximum atomic E-state index is 7.28. The number of hydrogen-bond acceptors (Lipinski definition) is 8. The van der Waals surface area contributed by atoms with E-state index in [0.717, 1.165) is 0 Å². The third-order valence-corrected chi connectivity index (χ3v) is 6.03. The van der Waals surface area contributed by atoms with Crippen molar-refractivity contribution >= 4 is 0 Å². The van der Waals surface area contributed by atoms with E-state index < -0.39 is 12.4 Å². The summed E-state index contributed by atoms with van der Waals surface area (Å²) in [6.45, 7) is 4.51. The molecule has 0 spiro atoms. The van der Waals surface area contributed by atoms with Gasteiger partial charge in [0, 0.05) is 47.4 Å². The minimum Gasteiger partial charge on any atom is -0.382 e. The zero-order valence-corrected chi connectivity index (χ0v) is 17.5. The Hall–Kier alpha value is -0.320. The molecule has 1 N–H and O–H groups in total. The number of aliphatic hydroxyl groups excluding tert-OH is 1. The molecule has 8 heteroatoms. The molecule has 0 aromatic carbocycles. The first kappa shape index (κ1) is 21.4. The van der Waals surface area contributed by atoms with Crippen LogP contribution in [-0.2, 0) is 33.2 Å². The molecule has 27 heavy (non-hydrogen) atoms. The van der Waals surface area contributed by atoms with Gasteiger partial charge in [0.1, 0.15) is 12.2 Å². The minimum atomic E-state index is -0.806. The standard InChI is InChI=1S/C19H36O8/c1-10-14(9-21-3)27-13(17(24-6)15(10)22-4)8-12-11(2)26-19(20)18(25-7)16(12)23-5/h10-20H,8-9H2,1-7H3/t10-,11?,12-,13-,14?,15?,16?,17?,18?,19-/m1/s1/i20T. The number of methoxy groups -OCH3 is 5. The number of hydrogen-bond donors (Lipinski definition) is 1. The quantitative estimate of drug-likeness (QED) is 0.616. The largest absolute Gasteiger partial charge is 0.382 e. The van der Waals surface area contributed by atoms with Crippen molar-refractivity contribution in [3.63, 3.8) is 0 Å². The van der Waals surface area contributed by atoms with E-state index in [-0.39, 0.29) is 48.5 Å². The van der Waals surface area contributed by atoms with E-state index in [2.05, 4.69) is 6.92 Å². The summed E-state index contributed by atoms with van der Waals surface area (Å²) in [6.07, 6.45) is -1.91. The molecule has 0 aliphatic carbocycles. The van der Waals surface area contributed by atoms with Crippen LogP contribution in [0.15, 0.2) is 0 Å². The van der Waals surface area contributed by atoms with Crippen LogP contribution in [0.2, 0.25) is 0 Å². The fourth-order valence-corrected chi connectivity index (χ4v) is 4.53. The molecule has 0 aromatic heterocycles. The van der Waals surface area contributed by atoms with Crippen LogP contribution in [0.1, 0.15) is 20.3 Å². The van der Waals surface area contributed by atoms with Crippen molar-refractivity contribution in [2.24, 2.45) is 11.8 Å². The first-order chi connectivity index (χ1) is 13.5. The molecule has 0 aromatic rings. The van der Waals surface area contributed by atoms with E-state index in [1.165, 1.54) is 0 Å². The molecular weight excluding hydrogens is 356 g/mol. The van der Waals surface area contributed by atoms with Crippen molar-refractivity contribution in [3.05, 3.63) is 0 Å². The summed E-state index contributed by atoms with van der Waals surface area (Å²) in [4.78, 5) is 0. The molecular formula is C19H36O8. The molecule has 0 saturated carbocycles. The van der Waals surface area contributed by atoms with Gasteiger partial charge in [-0.1, -0.05) is 6.92 Å². The average molecular weight is 394 g/mol. The molecule has 8 nitrogen and oxygen atoms in total. The smallest absolute Gasteiger partial charge is 0.213 e. The molecule has 2 rings (SSSR count). The van der Waals surface area contributed by atoms with Gasteiger partial charge < -0.3 is 38.3 Å². The predicted molar refractivity (Wildman–Crippen MR) is 97.5 cm³/mol. The Kier molecular flexibility index (Phi) is 8.28. The molecule has 0 radical (unpaired) electrons. The Morgan fingerprint density at radius 2 is 1.44 bits per heavy atom. The fraction of sp³-hybridized carbons (Fsp3) is 1.00. The summed E-state index contributed by atoms with van der Waals surface area (Å²) >= 11 is 0. The van der Waals surface area contributed by atoms with Crippen LogP contribution in [0.4, 0.5) is 0 Å². The average Bonchev–Trinajstić information content (AvgIpc) is 2.70. The molecule has 160 valence electrons. The molecule has 2 saturated heterocycles. The van der Waals surface area contributed by atoms with E-state index in [1.54, 1.807) is 35.5 Å². The zero-order valence-electron chi connectivity index (χ0n) is 18.5. The fourth-order valence-electron chi connectivity index (χ4n) is 4.53. The SMILES string of the molecule is [3H]O[C@@H]1OC(C)[C@@H](C[C@H]2OC(COC)[C@@H](C)C(OC)C2OC)C(OC)C1OC. The summed E-state index contributed by atoms with van der Waals surface area (Å²) in [5.41, 5.74) is 0. The van der Waals surface area contributed by atoms with Crippen LogP contribution < -0.4 is 0 Å². The Morgan fingerprint density at radius 1 is 0.815 bits per heavy atom. The first-order valence-corrected chi connectivity index (χ1v) is 9.50. The molecule has 2 aliphatic rings. The van der Waals surface area contributed by atoms with Crippen LogP contribution in [0.25, 0.3) is 0 Å². The van der Waals surface area contributed by atoms with Gasteiger partial charge >= 0.3 is 0 Å². The van der Waals surface area contributed by atoms with Crippen molar-refractivity contribution in [1.82, 2.24) is 0 Å². The van der Waals surface area contributed by atoms with E-state index in [9.17, 15) is 0 Å². The highest BCUT2D eigenvalue weighted by molar-refractivity contribution is 4.97. The Bertz CT molecular complexity index is 456. The van der Waals surface area contributed by atoms with Gasteiger partial charge in [0.25, 0.3) is 0 Å². The second-order valence-corrected chi connectivity index (χ2v) is 7.44. The Balaban J connectivity index is 2.23. The number of ether oxygens (including phenoxy) is 7. The van der Waals surface area contributed by atoms with Crippen molar-refractivity contribution in [1.29, 1.82) is 1.43 Å². The third kappa shape index (κ3) is 4.82. The van der Waals surface area contributed by atoms with Crippen molar-refractivity contribution in [2.45, 2.75) is 69.3 Å². The lowest BCUT2D eigenvalue weighted by molar-refractivity contribution is -0.286.